The normalized spacial score (nSPS) is 13.1. The van der Waals surface area contributed by atoms with E-state index in [2.05, 4.69) is 5.10 Å². The summed E-state index contributed by atoms with van der Waals surface area (Å²) in [6.45, 7) is 3.96. The summed E-state index contributed by atoms with van der Waals surface area (Å²) >= 11 is 0. The van der Waals surface area contributed by atoms with Gasteiger partial charge < -0.3 is 0 Å². The van der Waals surface area contributed by atoms with Gasteiger partial charge in [0.05, 0.1) is 22.6 Å². The van der Waals surface area contributed by atoms with Gasteiger partial charge in [0.25, 0.3) is 0 Å². The molecule has 2 aromatic carbocycles. The Hall–Kier alpha value is -3.01. The number of ketones is 2. The molecular weight excluding hydrogens is 300 g/mol. The fourth-order valence-electron chi connectivity index (χ4n) is 3.19. The van der Waals surface area contributed by atoms with Crippen LogP contribution in [-0.4, -0.2) is 21.3 Å². The Morgan fingerprint density at radius 1 is 0.833 bits per heavy atom. The average molecular weight is 316 g/mol. The molecule has 24 heavy (non-hydrogen) atoms. The number of hydrogen-bond acceptors (Lipinski definition) is 3. The van der Waals surface area contributed by atoms with E-state index in [4.69, 9.17) is 0 Å². The molecule has 1 aliphatic rings. The Morgan fingerprint density at radius 2 is 1.46 bits per heavy atom. The van der Waals surface area contributed by atoms with Crippen molar-refractivity contribution in [2.45, 2.75) is 19.8 Å². The van der Waals surface area contributed by atoms with Crippen molar-refractivity contribution in [1.29, 1.82) is 0 Å². The highest BCUT2D eigenvalue weighted by Gasteiger charge is 2.37. The molecule has 0 unspecified atom stereocenters. The van der Waals surface area contributed by atoms with Gasteiger partial charge in [0, 0.05) is 11.1 Å². The summed E-state index contributed by atoms with van der Waals surface area (Å²) in [5.74, 6) is -0.868. The number of para-hydroxylation sites is 1. The molecule has 4 heteroatoms. The van der Waals surface area contributed by atoms with Crippen molar-refractivity contribution < 1.29 is 9.59 Å². The highest BCUT2D eigenvalue weighted by Crippen LogP contribution is 2.38. The van der Waals surface area contributed by atoms with Crippen molar-refractivity contribution in [3.05, 3.63) is 71.4 Å². The van der Waals surface area contributed by atoms with Crippen LogP contribution in [-0.2, 0) is 0 Å². The van der Waals surface area contributed by atoms with E-state index in [1.54, 1.807) is 16.8 Å². The van der Waals surface area contributed by atoms with Crippen molar-refractivity contribution in [3.8, 4) is 16.9 Å². The Morgan fingerprint density at radius 3 is 2.12 bits per heavy atom. The summed E-state index contributed by atoms with van der Waals surface area (Å²) in [5.41, 5.74) is 3.91. The molecular formula is C20H16N2O2. The second-order valence-corrected chi connectivity index (χ2v) is 6.21. The zero-order valence-electron chi connectivity index (χ0n) is 13.5. The number of rotatable bonds is 2. The Bertz CT molecular complexity index is 969. The van der Waals surface area contributed by atoms with Crippen LogP contribution in [0, 0.1) is 0 Å². The molecule has 0 bridgehead atoms. The van der Waals surface area contributed by atoms with Crippen molar-refractivity contribution in [1.82, 2.24) is 9.78 Å². The van der Waals surface area contributed by atoms with Crippen LogP contribution in [0.1, 0.15) is 46.2 Å². The zero-order chi connectivity index (χ0) is 16.8. The molecule has 0 atom stereocenters. The minimum Gasteiger partial charge on any atom is -0.285 e. The van der Waals surface area contributed by atoms with Gasteiger partial charge in [-0.05, 0) is 18.1 Å². The van der Waals surface area contributed by atoms with Crippen LogP contribution in [0.3, 0.4) is 0 Å². The Labute approximate surface area is 139 Å². The molecule has 0 saturated heterocycles. The van der Waals surface area contributed by atoms with Crippen LogP contribution in [0.4, 0.5) is 0 Å². The maximum absolute atomic E-state index is 12.7. The van der Waals surface area contributed by atoms with Crippen molar-refractivity contribution >= 4 is 11.6 Å². The van der Waals surface area contributed by atoms with Gasteiger partial charge in [-0.1, -0.05) is 56.3 Å². The van der Waals surface area contributed by atoms with Gasteiger partial charge in [-0.2, -0.15) is 5.10 Å². The van der Waals surface area contributed by atoms with Crippen molar-refractivity contribution in [2.24, 2.45) is 0 Å². The number of aromatic nitrogens is 2. The lowest BCUT2D eigenvalue weighted by Gasteiger charge is -2.17. The second-order valence-electron chi connectivity index (χ2n) is 6.21. The number of carbonyl (C=O) groups excluding carboxylic acids is 2. The Balaban J connectivity index is 2.12. The SMILES string of the molecule is CC(C)c1nn(-c2ccccc2)c2c1C(=O)C(=O)c1ccccc1-2. The third-order valence-corrected chi connectivity index (χ3v) is 4.32. The first-order chi connectivity index (χ1) is 11.6. The predicted octanol–water partition coefficient (Wildman–Crippen LogP) is 4.04. The fourth-order valence-corrected chi connectivity index (χ4v) is 3.19. The molecule has 4 nitrogen and oxygen atoms in total. The van der Waals surface area contributed by atoms with E-state index in [0.29, 0.717) is 22.5 Å². The van der Waals surface area contributed by atoms with Crippen molar-refractivity contribution in [2.75, 3.05) is 0 Å². The van der Waals surface area contributed by atoms with Gasteiger partial charge in [0.2, 0.25) is 11.6 Å². The first-order valence-corrected chi connectivity index (χ1v) is 7.96. The lowest BCUT2D eigenvalue weighted by molar-refractivity contribution is 0.0814. The van der Waals surface area contributed by atoms with Crippen LogP contribution in [0.5, 0.6) is 0 Å². The van der Waals surface area contributed by atoms with E-state index in [-0.39, 0.29) is 5.92 Å². The minimum absolute atomic E-state index is 0.0470. The summed E-state index contributed by atoms with van der Waals surface area (Å²) in [6.07, 6.45) is 0. The molecule has 118 valence electrons. The van der Waals surface area contributed by atoms with Crippen LogP contribution in [0.25, 0.3) is 16.9 Å². The van der Waals surface area contributed by atoms with E-state index < -0.39 is 11.6 Å². The number of nitrogens with zero attached hydrogens (tertiary/aromatic N) is 2. The van der Waals surface area contributed by atoms with Crippen LogP contribution in [0.2, 0.25) is 0 Å². The smallest absolute Gasteiger partial charge is 0.237 e. The van der Waals surface area contributed by atoms with Gasteiger partial charge in [-0.3, -0.25) is 9.59 Å². The first kappa shape index (κ1) is 14.6. The number of carbonyl (C=O) groups is 2. The van der Waals surface area contributed by atoms with Crippen LogP contribution < -0.4 is 0 Å². The van der Waals surface area contributed by atoms with Gasteiger partial charge >= 0.3 is 0 Å². The van der Waals surface area contributed by atoms with Crippen LogP contribution in [0.15, 0.2) is 54.6 Å². The zero-order valence-corrected chi connectivity index (χ0v) is 13.5. The Kier molecular flexibility index (Phi) is 3.20. The standard InChI is InChI=1S/C20H16N2O2/c1-12(2)17-16-18(22(21-17)13-8-4-3-5-9-13)14-10-6-7-11-15(14)19(23)20(16)24/h3-12H,1-2H3. The number of hydrogen-bond donors (Lipinski definition) is 0. The molecule has 1 aliphatic carbocycles. The largest absolute Gasteiger partial charge is 0.285 e. The molecule has 1 aromatic heterocycles. The van der Waals surface area contributed by atoms with E-state index >= 15 is 0 Å². The minimum atomic E-state index is -0.463. The van der Waals surface area contributed by atoms with Gasteiger partial charge in [-0.25, -0.2) is 4.68 Å². The molecule has 0 aliphatic heterocycles. The maximum Gasteiger partial charge on any atom is 0.237 e. The molecule has 0 fully saturated rings. The maximum atomic E-state index is 12.7. The summed E-state index contributed by atoms with van der Waals surface area (Å²) in [4.78, 5) is 25.3. The number of benzene rings is 2. The highest BCUT2D eigenvalue weighted by molar-refractivity contribution is 6.53. The molecule has 0 saturated carbocycles. The van der Waals surface area contributed by atoms with E-state index in [1.165, 1.54) is 0 Å². The molecule has 3 aromatic rings. The fraction of sp³-hybridized carbons (Fsp3) is 0.150. The second kappa shape index (κ2) is 5.27. The highest BCUT2D eigenvalue weighted by atomic mass is 16.2. The summed E-state index contributed by atoms with van der Waals surface area (Å²) in [6, 6.07) is 16.9. The lowest BCUT2D eigenvalue weighted by Crippen LogP contribution is -2.22. The van der Waals surface area contributed by atoms with Gasteiger partial charge in [-0.15, -0.1) is 0 Å². The quantitative estimate of drug-likeness (QED) is 0.670. The van der Waals surface area contributed by atoms with Crippen LogP contribution >= 0.6 is 0 Å². The molecule has 1 heterocycles. The number of Topliss-reactive ketones (excluding diaryl/α,β-unsaturated/α-hetero) is 2. The first-order valence-electron chi connectivity index (χ1n) is 7.96. The third kappa shape index (κ3) is 1.96. The van der Waals surface area contributed by atoms with E-state index in [9.17, 15) is 9.59 Å². The van der Waals surface area contributed by atoms with Gasteiger partial charge in [0.15, 0.2) is 0 Å². The molecule has 0 radical (unpaired) electrons. The third-order valence-electron chi connectivity index (χ3n) is 4.32. The predicted molar refractivity (Wildman–Crippen MR) is 91.8 cm³/mol. The average Bonchev–Trinajstić information content (AvgIpc) is 3.01. The summed E-state index contributed by atoms with van der Waals surface area (Å²) in [7, 11) is 0. The lowest BCUT2D eigenvalue weighted by atomic mass is 9.85. The van der Waals surface area contributed by atoms with Crippen molar-refractivity contribution in [3.63, 3.8) is 0 Å². The van der Waals surface area contributed by atoms with E-state index in [1.807, 2.05) is 56.3 Å². The summed E-state index contributed by atoms with van der Waals surface area (Å²) in [5, 5.41) is 4.69. The number of fused-ring (bicyclic) bond motifs is 3. The molecule has 4 rings (SSSR count). The topological polar surface area (TPSA) is 52.0 Å². The molecule has 0 amide bonds. The van der Waals surface area contributed by atoms with Gasteiger partial charge in [0.1, 0.15) is 0 Å². The monoisotopic (exact) mass is 316 g/mol. The molecule has 0 spiro atoms. The molecule has 0 N–H and O–H groups in total. The summed E-state index contributed by atoms with van der Waals surface area (Å²) < 4.78 is 1.79. The van der Waals surface area contributed by atoms with E-state index in [0.717, 1.165) is 11.3 Å².